The predicted molar refractivity (Wildman–Crippen MR) is 70.4 cm³/mol. The third kappa shape index (κ3) is 3.79. The summed E-state index contributed by atoms with van der Waals surface area (Å²) in [4.78, 5) is 14.7. The molecule has 0 unspecified atom stereocenters. The molecule has 0 aliphatic carbocycles. The number of amides is 1. The highest BCUT2D eigenvalue weighted by Gasteiger charge is 2.23. The third-order valence-corrected chi connectivity index (χ3v) is 3.73. The van der Waals surface area contributed by atoms with Gasteiger partial charge in [0.1, 0.15) is 10.8 Å². The number of hydrogen-bond acceptors (Lipinski definition) is 3. The first-order chi connectivity index (χ1) is 7.32. The second-order valence-electron chi connectivity index (χ2n) is 3.93. The molecule has 88 valence electrons. The molecule has 0 saturated heterocycles. The van der Waals surface area contributed by atoms with Gasteiger partial charge in [-0.25, -0.2) is 9.78 Å². The highest BCUT2D eigenvalue weighted by atomic mass is 127. The molecule has 1 heterocycles. The molecule has 0 fully saturated rings. The topological polar surface area (TPSA) is 65.2 Å². The summed E-state index contributed by atoms with van der Waals surface area (Å²) in [7, 11) is 0. The van der Waals surface area contributed by atoms with E-state index in [-0.39, 0.29) is 0 Å². The molecule has 2 N–H and O–H groups in total. The molecule has 1 amide bonds. The van der Waals surface area contributed by atoms with Crippen LogP contribution in [-0.4, -0.2) is 16.7 Å². The fraction of sp³-hybridized carbons (Fsp3) is 0.400. The molecule has 1 rings (SSSR count). The number of rotatable bonds is 3. The average Bonchev–Trinajstić information content (AvgIpc) is 2.10. The number of carbonyl (C=O) groups is 1. The highest BCUT2D eigenvalue weighted by molar-refractivity contribution is 14.1. The number of carbonyl (C=O) groups excluding carboxylic acids is 1. The van der Waals surface area contributed by atoms with Crippen molar-refractivity contribution in [2.75, 3.05) is 0 Å². The Morgan fingerprint density at radius 2 is 2.31 bits per heavy atom. The maximum absolute atomic E-state index is 10.7. The summed E-state index contributed by atoms with van der Waals surface area (Å²) in [6.45, 7) is 3.59. The highest BCUT2D eigenvalue weighted by Crippen LogP contribution is 2.24. The quantitative estimate of drug-likeness (QED) is 0.670. The lowest BCUT2D eigenvalue weighted by Crippen LogP contribution is -2.33. The molecule has 16 heavy (non-hydrogen) atoms. The maximum Gasteiger partial charge on any atom is 0.405 e. The summed E-state index contributed by atoms with van der Waals surface area (Å²) in [6, 6.07) is 1.85. The van der Waals surface area contributed by atoms with Gasteiger partial charge in [0, 0.05) is 12.6 Å². The Labute approximate surface area is 113 Å². The first-order valence-electron chi connectivity index (χ1n) is 4.59. The van der Waals surface area contributed by atoms with Crippen LogP contribution >= 0.6 is 34.2 Å². The number of pyridine rings is 1. The lowest BCUT2D eigenvalue weighted by Gasteiger charge is -2.24. The number of nitrogens with two attached hydrogens (primary N) is 1. The van der Waals surface area contributed by atoms with Gasteiger partial charge >= 0.3 is 6.09 Å². The van der Waals surface area contributed by atoms with E-state index in [0.717, 1.165) is 9.13 Å². The Bertz CT molecular complexity index is 410. The normalized spacial score (nSPS) is 11.2. The molecule has 0 bridgehead atoms. The molecule has 1 aromatic heterocycles. The molecule has 0 atom stereocenters. The van der Waals surface area contributed by atoms with Crippen molar-refractivity contribution in [2.45, 2.75) is 25.9 Å². The van der Waals surface area contributed by atoms with Gasteiger partial charge in [-0.15, -0.1) is 0 Å². The van der Waals surface area contributed by atoms with E-state index in [1.807, 2.05) is 6.07 Å². The zero-order valence-corrected chi connectivity index (χ0v) is 11.9. The molecule has 6 heteroatoms. The zero-order chi connectivity index (χ0) is 12.3. The number of primary amides is 1. The van der Waals surface area contributed by atoms with Crippen molar-refractivity contribution in [3.63, 3.8) is 0 Å². The average molecular weight is 355 g/mol. The molecular weight excluding hydrogens is 342 g/mol. The van der Waals surface area contributed by atoms with E-state index in [1.54, 1.807) is 20.0 Å². The predicted octanol–water partition coefficient (Wildman–Crippen LogP) is 2.76. The van der Waals surface area contributed by atoms with Gasteiger partial charge in [0.15, 0.2) is 0 Å². The molecule has 0 spiro atoms. The molecule has 4 nitrogen and oxygen atoms in total. The van der Waals surface area contributed by atoms with Gasteiger partial charge in [0.05, 0.1) is 3.57 Å². The largest absolute Gasteiger partial charge is 0.443 e. The van der Waals surface area contributed by atoms with E-state index >= 15 is 0 Å². The molecular formula is C10H12ClIN2O2. The van der Waals surface area contributed by atoms with Crippen molar-refractivity contribution in [2.24, 2.45) is 5.73 Å². The summed E-state index contributed by atoms with van der Waals surface area (Å²) >= 11 is 8.01. The van der Waals surface area contributed by atoms with Crippen LogP contribution in [0.5, 0.6) is 0 Å². The number of hydrogen-bond donors (Lipinski definition) is 1. The van der Waals surface area contributed by atoms with Gasteiger partial charge in [0.25, 0.3) is 0 Å². The zero-order valence-electron chi connectivity index (χ0n) is 8.96. The van der Waals surface area contributed by atoms with Crippen LogP contribution in [0.3, 0.4) is 0 Å². The van der Waals surface area contributed by atoms with Crippen molar-refractivity contribution in [3.8, 4) is 0 Å². The number of nitrogens with zero attached hydrogens (tertiary/aromatic N) is 1. The van der Waals surface area contributed by atoms with Crippen molar-refractivity contribution in [1.82, 2.24) is 4.98 Å². The summed E-state index contributed by atoms with van der Waals surface area (Å²) in [5.74, 6) is 0. The third-order valence-electron chi connectivity index (χ3n) is 1.92. The Hall–Kier alpha value is -0.560. The lowest BCUT2D eigenvalue weighted by atomic mass is 9.99. The second kappa shape index (κ2) is 5.18. The van der Waals surface area contributed by atoms with E-state index in [9.17, 15) is 4.79 Å². The SMILES string of the molecule is CC(C)(Cc1ccnc(Cl)c1I)OC(N)=O. The first-order valence-corrected chi connectivity index (χ1v) is 6.05. The van der Waals surface area contributed by atoms with Crippen LogP contribution in [0.1, 0.15) is 19.4 Å². The second-order valence-corrected chi connectivity index (χ2v) is 5.37. The number of ether oxygens (including phenoxy) is 1. The van der Waals surface area contributed by atoms with Gasteiger partial charge < -0.3 is 10.5 Å². The van der Waals surface area contributed by atoms with E-state index in [2.05, 4.69) is 27.6 Å². The summed E-state index contributed by atoms with van der Waals surface area (Å²) in [5.41, 5.74) is 5.32. The minimum atomic E-state index is -0.778. The van der Waals surface area contributed by atoms with Crippen molar-refractivity contribution in [3.05, 3.63) is 26.5 Å². The lowest BCUT2D eigenvalue weighted by molar-refractivity contribution is 0.0459. The molecule has 1 aromatic rings. The van der Waals surface area contributed by atoms with Crippen LogP contribution in [-0.2, 0) is 11.2 Å². The number of aromatic nitrogens is 1. The molecule has 0 aromatic carbocycles. The van der Waals surface area contributed by atoms with Crippen molar-refractivity contribution >= 4 is 40.3 Å². The molecule has 0 aliphatic heterocycles. The van der Waals surface area contributed by atoms with Crippen LogP contribution in [0.15, 0.2) is 12.3 Å². The maximum atomic E-state index is 10.7. The van der Waals surface area contributed by atoms with E-state index in [0.29, 0.717) is 11.6 Å². The van der Waals surface area contributed by atoms with Gasteiger partial charge in [-0.2, -0.15) is 0 Å². The molecule has 0 aliphatic rings. The van der Waals surface area contributed by atoms with Crippen LogP contribution in [0, 0.1) is 3.57 Å². The van der Waals surface area contributed by atoms with Gasteiger partial charge in [-0.05, 0) is 48.1 Å². The van der Waals surface area contributed by atoms with Gasteiger partial charge in [-0.1, -0.05) is 11.6 Å². The fourth-order valence-electron chi connectivity index (χ4n) is 1.36. The van der Waals surface area contributed by atoms with Crippen LogP contribution < -0.4 is 5.73 Å². The van der Waals surface area contributed by atoms with E-state index in [1.165, 1.54) is 0 Å². The Morgan fingerprint density at radius 1 is 1.69 bits per heavy atom. The first kappa shape index (κ1) is 13.5. The molecule has 0 radical (unpaired) electrons. The Morgan fingerprint density at radius 3 is 2.88 bits per heavy atom. The van der Waals surface area contributed by atoms with E-state index in [4.69, 9.17) is 22.1 Å². The van der Waals surface area contributed by atoms with Crippen LogP contribution in [0.25, 0.3) is 0 Å². The minimum absolute atomic E-state index is 0.452. The standard InChI is InChI=1S/C10H12ClIN2O2/c1-10(2,16-9(13)15)5-6-3-4-14-8(11)7(6)12/h3-4H,5H2,1-2H3,(H2,13,15). The van der Waals surface area contributed by atoms with Crippen LogP contribution in [0.2, 0.25) is 5.15 Å². The van der Waals surface area contributed by atoms with Gasteiger partial charge in [0.2, 0.25) is 0 Å². The smallest absolute Gasteiger partial charge is 0.405 e. The Kier molecular flexibility index (Phi) is 4.37. The molecule has 0 saturated carbocycles. The summed E-state index contributed by atoms with van der Waals surface area (Å²) < 4.78 is 5.87. The van der Waals surface area contributed by atoms with Crippen molar-refractivity contribution < 1.29 is 9.53 Å². The van der Waals surface area contributed by atoms with Gasteiger partial charge in [-0.3, -0.25) is 0 Å². The monoisotopic (exact) mass is 354 g/mol. The van der Waals surface area contributed by atoms with Crippen molar-refractivity contribution in [1.29, 1.82) is 0 Å². The van der Waals surface area contributed by atoms with E-state index < -0.39 is 11.7 Å². The summed E-state index contributed by atoms with van der Waals surface area (Å²) in [6.07, 6.45) is 1.39. The Balaban J connectivity index is 2.87. The van der Waals surface area contributed by atoms with Crippen LogP contribution in [0.4, 0.5) is 4.79 Å². The number of halogens is 2. The summed E-state index contributed by atoms with van der Waals surface area (Å²) in [5, 5.41) is 0.452. The fourth-order valence-corrected chi connectivity index (χ4v) is 2.05. The minimum Gasteiger partial charge on any atom is -0.443 e.